The standard InChI is InChI=1S/C16H23N3OS/c1-11-9-13(3-7-18(11)2)19-14(12-4-8-21-10-12)17-16(5-6-16)15(19)20/h4,8,10-11,13-14,17H,3,5-7,9H2,1-2H3. The highest BCUT2D eigenvalue weighted by Gasteiger charge is 2.60. The van der Waals surface area contributed by atoms with E-state index in [-0.39, 0.29) is 11.7 Å². The van der Waals surface area contributed by atoms with Gasteiger partial charge in [0.25, 0.3) is 0 Å². The summed E-state index contributed by atoms with van der Waals surface area (Å²) in [5, 5.41) is 7.92. The van der Waals surface area contributed by atoms with E-state index in [0.717, 1.165) is 32.2 Å². The van der Waals surface area contributed by atoms with Crippen LogP contribution >= 0.6 is 11.3 Å². The highest BCUT2D eigenvalue weighted by Crippen LogP contribution is 2.48. The van der Waals surface area contributed by atoms with E-state index in [1.807, 2.05) is 0 Å². The summed E-state index contributed by atoms with van der Waals surface area (Å²) in [5.74, 6) is 0.348. The van der Waals surface area contributed by atoms with Gasteiger partial charge in [-0.05, 0) is 62.0 Å². The summed E-state index contributed by atoms with van der Waals surface area (Å²) >= 11 is 1.71. The smallest absolute Gasteiger partial charge is 0.244 e. The number of hydrogen-bond acceptors (Lipinski definition) is 4. The summed E-state index contributed by atoms with van der Waals surface area (Å²) in [5.41, 5.74) is 1.03. The van der Waals surface area contributed by atoms with Crippen molar-refractivity contribution < 1.29 is 4.79 Å². The van der Waals surface area contributed by atoms with Gasteiger partial charge in [-0.2, -0.15) is 11.3 Å². The maximum atomic E-state index is 12.9. The number of piperidine rings is 1. The summed E-state index contributed by atoms with van der Waals surface area (Å²) < 4.78 is 0. The predicted octanol–water partition coefficient (Wildman–Crippen LogP) is 2.19. The van der Waals surface area contributed by atoms with Gasteiger partial charge in [0.05, 0.1) is 0 Å². The zero-order chi connectivity index (χ0) is 14.6. The molecule has 1 amide bonds. The summed E-state index contributed by atoms with van der Waals surface area (Å²) in [6.45, 7) is 3.35. The number of likely N-dealkylation sites (tertiary alicyclic amines) is 1. The lowest BCUT2D eigenvalue weighted by Gasteiger charge is -2.41. The Kier molecular flexibility index (Phi) is 3.14. The molecule has 1 saturated carbocycles. The summed E-state index contributed by atoms with van der Waals surface area (Å²) in [4.78, 5) is 17.5. The lowest BCUT2D eigenvalue weighted by atomic mass is 9.96. The van der Waals surface area contributed by atoms with Gasteiger partial charge in [0.1, 0.15) is 11.7 Å². The number of carbonyl (C=O) groups excluding carboxylic acids is 1. The van der Waals surface area contributed by atoms with E-state index in [4.69, 9.17) is 0 Å². The third-order valence-electron chi connectivity index (χ3n) is 5.52. The molecule has 0 bridgehead atoms. The van der Waals surface area contributed by atoms with Crippen molar-refractivity contribution in [1.82, 2.24) is 15.1 Å². The van der Waals surface area contributed by atoms with Crippen LogP contribution in [0.15, 0.2) is 16.8 Å². The van der Waals surface area contributed by atoms with E-state index in [9.17, 15) is 4.79 Å². The van der Waals surface area contributed by atoms with Crippen molar-refractivity contribution in [3.8, 4) is 0 Å². The van der Waals surface area contributed by atoms with E-state index < -0.39 is 0 Å². The summed E-state index contributed by atoms with van der Waals surface area (Å²) in [6.07, 6.45) is 4.27. The quantitative estimate of drug-likeness (QED) is 0.910. The first-order chi connectivity index (χ1) is 10.1. The molecule has 3 aliphatic rings. The first kappa shape index (κ1) is 13.7. The Morgan fingerprint density at radius 3 is 2.86 bits per heavy atom. The van der Waals surface area contributed by atoms with Gasteiger partial charge in [-0.3, -0.25) is 10.1 Å². The molecule has 1 spiro atoms. The van der Waals surface area contributed by atoms with E-state index >= 15 is 0 Å². The molecule has 2 aliphatic heterocycles. The lowest BCUT2D eigenvalue weighted by molar-refractivity contribution is -0.134. The lowest BCUT2D eigenvalue weighted by Crippen LogP contribution is -2.49. The van der Waals surface area contributed by atoms with E-state index in [2.05, 4.69) is 45.9 Å². The second kappa shape index (κ2) is 4.80. The largest absolute Gasteiger partial charge is 0.318 e. The minimum absolute atomic E-state index is 0.0897. The molecule has 2 saturated heterocycles. The van der Waals surface area contributed by atoms with E-state index in [0.29, 0.717) is 18.0 Å². The molecule has 0 radical (unpaired) electrons. The van der Waals surface area contributed by atoms with Crippen LogP contribution in [0.4, 0.5) is 0 Å². The van der Waals surface area contributed by atoms with Crippen molar-refractivity contribution in [3.05, 3.63) is 22.4 Å². The summed E-state index contributed by atoms with van der Waals surface area (Å²) in [7, 11) is 2.18. The molecule has 1 N–H and O–H groups in total. The van der Waals surface area contributed by atoms with Crippen LogP contribution in [0.5, 0.6) is 0 Å². The maximum absolute atomic E-state index is 12.9. The van der Waals surface area contributed by atoms with Gasteiger partial charge in [0, 0.05) is 18.6 Å². The third-order valence-corrected chi connectivity index (χ3v) is 6.22. The van der Waals surface area contributed by atoms with Crippen molar-refractivity contribution in [2.45, 2.75) is 56.4 Å². The summed E-state index contributed by atoms with van der Waals surface area (Å²) in [6, 6.07) is 3.08. The average Bonchev–Trinajstić information content (AvgIpc) is 2.94. The second-order valence-electron chi connectivity index (χ2n) is 6.91. The Hall–Kier alpha value is -0.910. The molecule has 114 valence electrons. The van der Waals surface area contributed by atoms with E-state index in [1.54, 1.807) is 11.3 Å². The molecule has 3 fully saturated rings. The first-order valence-corrected chi connectivity index (χ1v) is 8.88. The Balaban J connectivity index is 1.62. The fraction of sp³-hybridized carbons (Fsp3) is 0.688. The van der Waals surface area contributed by atoms with Crippen LogP contribution in [0, 0.1) is 0 Å². The molecule has 3 heterocycles. The zero-order valence-corrected chi connectivity index (χ0v) is 13.5. The first-order valence-electron chi connectivity index (χ1n) is 7.93. The molecular formula is C16H23N3OS. The molecule has 1 aromatic rings. The van der Waals surface area contributed by atoms with Gasteiger partial charge >= 0.3 is 0 Å². The van der Waals surface area contributed by atoms with Gasteiger partial charge in [-0.15, -0.1) is 0 Å². The fourth-order valence-corrected chi connectivity index (χ4v) is 4.49. The minimum atomic E-state index is -0.223. The van der Waals surface area contributed by atoms with E-state index in [1.165, 1.54) is 5.56 Å². The fourth-order valence-electron chi connectivity index (χ4n) is 3.81. The Morgan fingerprint density at radius 1 is 1.43 bits per heavy atom. The number of nitrogens with one attached hydrogen (secondary N) is 1. The maximum Gasteiger partial charge on any atom is 0.244 e. The van der Waals surface area contributed by atoms with Crippen LogP contribution in [0.2, 0.25) is 0 Å². The van der Waals surface area contributed by atoms with Crippen molar-refractivity contribution in [2.24, 2.45) is 0 Å². The molecule has 1 aromatic heterocycles. The van der Waals surface area contributed by atoms with Crippen LogP contribution < -0.4 is 5.32 Å². The van der Waals surface area contributed by atoms with Gasteiger partial charge in [0.15, 0.2) is 0 Å². The Labute approximate surface area is 130 Å². The number of carbonyl (C=O) groups is 1. The normalized spacial score (nSPS) is 35.6. The number of hydrogen-bond donors (Lipinski definition) is 1. The Morgan fingerprint density at radius 2 is 2.24 bits per heavy atom. The monoisotopic (exact) mass is 305 g/mol. The molecule has 3 atom stereocenters. The number of thiophene rings is 1. The highest BCUT2D eigenvalue weighted by molar-refractivity contribution is 7.08. The van der Waals surface area contributed by atoms with Gasteiger partial charge in [-0.25, -0.2) is 0 Å². The number of nitrogens with zero attached hydrogens (tertiary/aromatic N) is 2. The van der Waals surface area contributed by atoms with Gasteiger partial charge in [0.2, 0.25) is 5.91 Å². The topological polar surface area (TPSA) is 35.6 Å². The zero-order valence-electron chi connectivity index (χ0n) is 12.7. The molecule has 0 aromatic carbocycles. The number of amides is 1. The molecule has 5 heteroatoms. The van der Waals surface area contributed by atoms with Crippen molar-refractivity contribution in [2.75, 3.05) is 13.6 Å². The second-order valence-corrected chi connectivity index (χ2v) is 7.69. The average molecular weight is 305 g/mol. The number of rotatable bonds is 2. The molecular weight excluding hydrogens is 282 g/mol. The van der Waals surface area contributed by atoms with Crippen molar-refractivity contribution in [3.63, 3.8) is 0 Å². The third kappa shape index (κ3) is 2.14. The van der Waals surface area contributed by atoms with Crippen LogP contribution in [0.3, 0.4) is 0 Å². The van der Waals surface area contributed by atoms with Crippen LogP contribution in [0.1, 0.15) is 44.3 Å². The molecule has 21 heavy (non-hydrogen) atoms. The van der Waals surface area contributed by atoms with Crippen LogP contribution in [0.25, 0.3) is 0 Å². The molecule has 4 nitrogen and oxygen atoms in total. The van der Waals surface area contributed by atoms with Crippen LogP contribution in [-0.2, 0) is 4.79 Å². The molecule has 1 aliphatic carbocycles. The minimum Gasteiger partial charge on any atom is -0.318 e. The highest BCUT2D eigenvalue weighted by atomic mass is 32.1. The molecule has 3 unspecified atom stereocenters. The Bertz CT molecular complexity index is 540. The van der Waals surface area contributed by atoms with Gasteiger partial charge < -0.3 is 9.80 Å². The van der Waals surface area contributed by atoms with Crippen LogP contribution in [-0.4, -0.2) is 46.9 Å². The van der Waals surface area contributed by atoms with Gasteiger partial charge in [-0.1, -0.05) is 0 Å². The molecule has 4 rings (SSSR count). The van der Waals surface area contributed by atoms with Crippen molar-refractivity contribution >= 4 is 17.2 Å². The van der Waals surface area contributed by atoms with Crippen molar-refractivity contribution in [1.29, 1.82) is 0 Å². The predicted molar refractivity (Wildman–Crippen MR) is 84.1 cm³/mol. The SMILES string of the molecule is CC1CC(N2C(=O)C3(CC3)NC2c2ccsc2)CCN1C.